The molecule has 2 atom stereocenters. The van der Waals surface area contributed by atoms with E-state index in [1.165, 1.54) is 18.2 Å². The molecule has 2 aromatic carbocycles. The highest BCUT2D eigenvalue weighted by molar-refractivity contribution is 6.06. The van der Waals surface area contributed by atoms with Gasteiger partial charge < -0.3 is 9.84 Å². The maximum absolute atomic E-state index is 13.1. The third-order valence-electron chi connectivity index (χ3n) is 5.76. The average molecular weight is 466 g/mol. The second-order valence-corrected chi connectivity index (χ2v) is 8.26. The van der Waals surface area contributed by atoms with Gasteiger partial charge >= 0.3 is 11.9 Å². The number of aliphatic carboxylic acids is 1. The standard InChI is InChI=1S/C25H27N3O6/c1-16-21(24(29)30)23(19-10-7-11-20(14-19)28(32)33)22(17(2)26-16)25(31)34-13-12-27(3)15-18-8-5-4-6-9-18/h4-11,14,21,23H,12-13,15H2,1-3H3,(H,29,30). The molecule has 1 aliphatic heterocycles. The molecule has 0 aromatic heterocycles. The molecule has 2 aromatic rings. The number of nitro benzene ring substituents is 1. The zero-order valence-electron chi connectivity index (χ0n) is 19.3. The first-order valence-electron chi connectivity index (χ1n) is 10.8. The fourth-order valence-electron chi connectivity index (χ4n) is 4.16. The molecule has 0 saturated carbocycles. The van der Waals surface area contributed by atoms with Gasteiger partial charge in [0.25, 0.3) is 5.69 Å². The van der Waals surface area contributed by atoms with Crippen molar-refractivity contribution in [3.63, 3.8) is 0 Å². The summed E-state index contributed by atoms with van der Waals surface area (Å²) in [5, 5.41) is 21.2. The summed E-state index contributed by atoms with van der Waals surface area (Å²) in [6, 6.07) is 15.5. The summed E-state index contributed by atoms with van der Waals surface area (Å²) in [4.78, 5) is 42.3. The minimum atomic E-state index is -1.17. The van der Waals surface area contributed by atoms with E-state index in [2.05, 4.69) is 4.99 Å². The van der Waals surface area contributed by atoms with Crippen molar-refractivity contribution < 1.29 is 24.4 Å². The Balaban J connectivity index is 1.82. The van der Waals surface area contributed by atoms with Crippen molar-refractivity contribution in [3.05, 3.63) is 87.1 Å². The molecular formula is C25H27N3O6. The Kier molecular flexibility index (Phi) is 7.91. The van der Waals surface area contributed by atoms with Crippen LogP contribution in [0.1, 0.15) is 30.9 Å². The third kappa shape index (κ3) is 5.74. The lowest BCUT2D eigenvalue weighted by atomic mass is 9.75. The van der Waals surface area contributed by atoms with Gasteiger partial charge in [-0.05, 0) is 32.0 Å². The average Bonchev–Trinajstić information content (AvgIpc) is 2.78. The summed E-state index contributed by atoms with van der Waals surface area (Å²) in [6.45, 7) is 4.44. The SMILES string of the molecule is CC1=NC(C)=C(C(=O)OCCN(C)Cc2ccccc2)C(c2cccc([N+](=O)[O-])c2)C1C(=O)O. The Morgan fingerprint density at radius 2 is 1.85 bits per heavy atom. The number of nitrogens with zero attached hydrogens (tertiary/aromatic N) is 3. The molecule has 34 heavy (non-hydrogen) atoms. The van der Waals surface area contributed by atoms with Crippen LogP contribution in [0.4, 0.5) is 5.69 Å². The van der Waals surface area contributed by atoms with E-state index in [0.29, 0.717) is 30.1 Å². The summed E-state index contributed by atoms with van der Waals surface area (Å²) < 4.78 is 5.52. The number of carboxylic acids is 1. The molecule has 0 fully saturated rings. The van der Waals surface area contributed by atoms with Gasteiger partial charge in [-0.1, -0.05) is 42.5 Å². The lowest BCUT2D eigenvalue weighted by Gasteiger charge is -2.30. The van der Waals surface area contributed by atoms with Crippen molar-refractivity contribution in [3.8, 4) is 0 Å². The van der Waals surface area contributed by atoms with Crippen molar-refractivity contribution in [2.45, 2.75) is 26.3 Å². The van der Waals surface area contributed by atoms with Crippen LogP contribution in [0.25, 0.3) is 0 Å². The van der Waals surface area contributed by atoms with Gasteiger partial charge in [-0.25, -0.2) is 4.79 Å². The maximum Gasteiger partial charge on any atom is 0.336 e. The van der Waals surface area contributed by atoms with E-state index < -0.39 is 28.7 Å². The predicted octanol–water partition coefficient (Wildman–Crippen LogP) is 3.80. The second-order valence-electron chi connectivity index (χ2n) is 8.26. The number of non-ortho nitro benzene ring substituents is 1. The molecule has 1 aliphatic rings. The number of nitro groups is 1. The molecule has 3 rings (SSSR count). The quantitative estimate of drug-likeness (QED) is 0.339. The molecule has 1 N–H and O–H groups in total. The lowest BCUT2D eigenvalue weighted by Crippen LogP contribution is -2.35. The summed E-state index contributed by atoms with van der Waals surface area (Å²) in [5.41, 5.74) is 2.05. The van der Waals surface area contributed by atoms with Gasteiger partial charge in [-0.3, -0.25) is 24.8 Å². The normalized spacial score (nSPS) is 17.9. The second kappa shape index (κ2) is 10.8. The van der Waals surface area contributed by atoms with E-state index in [-0.39, 0.29) is 17.9 Å². The number of benzene rings is 2. The van der Waals surface area contributed by atoms with Crippen LogP contribution in [0.3, 0.4) is 0 Å². The van der Waals surface area contributed by atoms with Gasteiger partial charge in [0, 0.05) is 42.5 Å². The smallest absolute Gasteiger partial charge is 0.336 e. The Morgan fingerprint density at radius 3 is 2.50 bits per heavy atom. The highest BCUT2D eigenvalue weighted by atomic mass is 16.6. The number of likely N-dealkylation sites (N-methyl/N-ethyl adjacent to an activating group) is 1. The molecule has 0 spiro atoms. The van der Waals surface area contributed by atoms with Crippen LogP contribution in [0.2, 0.25) is 0 Å². The Morgan fingerprint density at radius 1 is 1.15 bits per heavy atom. The summed E-state index contributed by atoms with van der Waals surface area (Å²) >= 11 is 0. The molecular weight excluding hydrogens is 438 g/mol. The lowest BCUT2D eigenvalue weighted by molar-refractivity contribution is -0.384. The van der Waals surface area contributed by atoms with Crippen LogP contribution in [-0.4, -0.2) is 52.8 Å². The number of carbonyl (C=O) groups is 2. The Hall–Kier alpha value is -3.85. The third-order valence-corrected chi connectivity index (χ3v) is 5.76. The summed E-state index contributed by atoms with van der Waals surface area (Å²) in [6.07, 6.45) is 0. The molecule has 9 nitrogen and oxygen atoms in total. The van der Waals surface area contributed by atoms with Crippen LogP contribution in [0.15, 0.2) is 70.9 Å². The fourth-order valence-corrected chi connectivity index (χ4v) is 4.16. The number of ether oxygens (including phenoxy) is 1. The summed E-state index contributed by atoms with van der Waals surface area (Å²) in [5.74, 6) is -3.94. The topological polar surface area (TPSA) is 122 Å². The van der Waals surface area contributed by atoms with Gasteiger partial charge in [0.1, 0.15) is 12.5 Å². The van der Waals surface area contributed by atoms with E-state index in [0.717, 1.165) is 5.56 Å². The maximum atomic E-state index is 13.1. The first kappa shape index (κ1) is 24.8. The van der Waals surface area contributed by atoms with Crippen molar-refractivity contribution in [1.82, 2.24) is 4.90 Å². The molecule has 0 amide bonds. The molecule has 1 heterocycles. The van der Waals surface area contributed by atoms with Gasteiger partial charge in [0.15, 0.2) is 0 Å². The number of carboxylic acid groups (broad SMARTS) is 1. The summed E-state index contributed by atoms with van der Waals surface area (Å²) in [7, 11) is 1.91. The first-order valence-corrected chi connectivity index (χ1v) is 10.8. The minimum Gasteiger partial charge on any atom is -0.481 e. The number of aliphatic imine (C=N–C) groups is 1. The van der Waals surface area contributed by atoms with Crippen molar-refractivity contribution in [2.24, 2.45) is 10.9 Å². The van der Waals surface area contributed by atoms with Crippen LogP contribution in [0.5, 0.6) is 0 Å². The highest BCUT2D eigenvalue weighted by Crippen LogP contribution is 2.40. The number of allylic oxidation sites excluding steroid dienone is 1. The van der Waals surface area contributed by atoms with Crippen LogP contribution >= 0.6 is 0 Å². The molecule has 2 unspecified atom stereocenters. The number of esters is 1. The Bertz CT molecular complexity index is 1140. The zero-order valence-corrected chi connectivity index (χ0v) is 19.3. The highest BCUT2D eigenvalue weighted by Gasteiger charge is 2.42. The number of rotatable bonds is 9. The van der Waals surface area contributed by atoms with E-state index in [1.807, 2.05) is 42.3 Å². The monoisotopic (exact) mass is 465 g/mol. The molecule has 0 bridgehead atoms. The zero-order chi connectivity index (χ0) is 24.8. The van der Waals surface area contributed by atoms with Gasteiger partial charge in [-0.15, -0.1) is 0 Å². The fraction of sp³-hybridized carbons (Fsp3) is 0.320. The Labute approximate surface area is 197 Å². The molecule has 178 valence electrons. The minimum absolute atomic E-state index is 0.0983. The molecule has 0 aliphatic carbocycles. The van der Waals surface area contributed by atoms with Crippen LogP contribution in [-0.2, 0) is 20.9 Å². The number of hydrogen-bond donors (Lipinski definition) is 1. The molecule has 0 saturated heterocycles. The van der Waals surface area contributed by atoms with E-state index in [4.69, 9.17) is 4.74 Å². The predicted molar refractivity (Wildman–Crippen MR) is 127 cm³/mol. The molecule has 0 radical (unpaired) electrons. The molecule has 9 heteroatoms. The van der Waals surface area contributed by atoms with Crippen LogP contribution in [0, 0.1) is 16.0 Å². The van der Waals surface area contributed by atoms with E-state index in [1.54, 1.807) is 19.9 Å². The van der Waals surface area contributed by atoms with Gasteiger partial charge in [-0.2, -0.15) is 0 Å². The van der Waals surface area contributed by atoms with Crippen molar-refractivity contribution in [2.75, 3.05) is 20.2 Å². The first-order chi connectivity index (χ1) is 16.2. The van der Waals surface area contributed by atoms with Gasteiger partial charge in [0.2, 0.25) is 0 Å². The number of carbonyl (C=O) groups excluding carboxylic acids is 1. The van der Waals surface area contributed by atoms with E-state index in [9.17, 15) is 24.8 Å². The van der Waals surface area contributed by atoms with Crippen molar-refractivity contribution >= 4 is 23.3 Å². The van der Waals surface area contributed by atoms with Gasteiger partial charge in [0.05, 0.1) is 10.5 Å². The van der Waals surface area contributed by atoms with E-state index >= 15 is 0 Å². The van der Waals surface area contributed by atoms with Crippen LogP contribution < -0.4 is 0 Å². The number of hydrogen-bond acceptors (Lipinski definition) is 7. The van der Waals surface area contributed by atoms with Crippen molar-refractivity contribution in [1.29, 1.82) is 0 Å². The largest absolute Gasteiger partial charge is 0.481 e.